The van der Waals surface area contributed by atoms with E-state index in [0.29, 0.717) is 67.0 Å². The molecule has 1 fully saturated rings. The zero-order chi connectivity index (χ0) is 23.4. The van der Waals surface area contributed by atoms with E-state index in [0.717, 1.165) is 5.56 Å². The Bertz CT molecular complexity index is 1210. The molecule has 0 atom stereocenters. The van der Waals surface area contributed by atoms with E-state index in [1.54, 1.807) is 49.6 Å². The molecule has 0 saturated carbocycles. The summed E-state index contributed by atoms with van der Waals surface area (Å²) in [5, 5.41) is 5.90. The van der Waals surface area contributed by atoms with Crippen LogP contribution in [0.1, 0.15) is 15.9 Å². The van der Waals surface area contributed by atoms with Crippen LogP contribution in [-0.4, -0.2) is 46.4 Å². The maximum Gasteiger partial charge on any atom is 0.255 e. The fourth-order valence-electron chi connectivity index (χ4n) is 3.71. The zero-order valence-electron chi connectivity index (χ0n) is 18.5. The number of anilines is 3. The van der Waals surface area contributed by atoms with Gasteiger partial charge in [0.15, 0.2) is 11.5 Å². The molecule has 3 aromatic carbocycles. The van der Waals surface area contributed by atoms with Crippen LogP contribution in [0.15, 0.2) is 52.1 Å². The molecule has 0 unspecified atom stereocenters. The first-order valence-electron chi connectivity index (χ1n) is 10.5. The minimum Gasteiger partial charge on any atom is -0.493 e. The highest BCUT2D eigenvalue weighted by Gasteiger charge is 2.26. The molecule has 0 spiro atoms. The van der Waals surface area contributed by atoms with Gasteiger partial charge in [-0.2, -0.15) is 0 Å². The summed E-state index contributed by atoms with van der Waals surface area (Å²) in [7, 11) is 3.08. The van der Waals surface area contributed by atoms with Crippen LogP contribution < -0.4 is 35.9 Å². The van der Waals surface area contributed by atoms with Crippen LogP contribution >= 0.6 is 0 Å². The molecule has 33 heavy (non-hydrogen) atoms. The molecule has 9 nitrogen and oxygen atoms in total. The summed E-state index contributed by atoms with van der Waals surface area (Å²) in [5.41, 5.74) is 1.77. The van der Waals surface area contributed by atoms with Crippen molar-refractivity contribution in [1.82, 2.24) is 0 Å². The smallest absolute Gasteiger partial charge is 0.255 e. The third-order valence-electron chi connectivity index (χ3n) is 5.54. The number of methoxy groups -OCH3 is 2. The Morgan fingerprint density at radius 2 is 1.67 bits per heavy atom. The van der Waals surface area contributed by atoms with Crippen LogP contribution in [0.5, 0.6) is 11.5 Å². The van der Waals surface area contributed by atoms with Crippen LogP contribution in [0.4, 0.5) is 17.1 Å². The molecule has 2 N–H and O–H groups in total. The van der Waals surface area contributed by atoms with Crippen molar-refractivity contribution in [2.24, 2.45) is 0 Å². The predicted molar refractivity (Wildman–Crippen MR) is 126 cm³/mol. The Morgan fingerprint density at radius 3 is 2.33 bits per heavy atom. The third kappa shape index (κ3) is 4.68. The SMILES string of the molecule is COc1ccc(NC(=O)c2ccc(CNc3c(N4CCOCC4)c(=O)c3=O)cc2)cc1OC. The van der Waals surface area contributed by atoms with Crippen LogP contribution in [0.2, 0.25) is 0 Å². The van der Waals surface area contributed by atoms with Gasteiger partial charge in [-0.15, -0.1) is 0 Å². The van der Waals surface area contributed by atoms with Crippen LogP contribution in [0, 0.1) is 0 Å². The Morgan fingerprint density at radius 1 is 0.970 bits per heavy atom. The van der Waals surface area contributed by atoms with Crippen LogP contribution in [0.3, 0.4) is 0 Å². The monoisotopic (exact) mass is 451 g/mol. The summed E-state index contributed by atoms with van der Waals surface area (Å²) in [6.07, 6.45) is 0. The first kappa shape index (κ1) is 22.3. The maximum absolute atomic E-state index is 12.6. The average Bonchev–Trinajstić information content (AvgIpc) is 2.86. The van der Waals surface area contributed by atoms with Crippen molar-refractivity contribution < 1.29 is 19.0 Å². The minimum atomic E-state index is -0.498. The number of ether oxygens (including phenoxy) is 3. The second-order valence-corrected chi connectivity index (χ2v) is 7.56. The van der Waals surface area contributed by atoms with E-state index < -0.39 is 10.9 Å². The number of benzene rings is 2. The van der Waals surface area contributed by atoms with E-state index in [2.05, 4.69) is 10.6 Å². The lowest BCUT2D eigenvalue weighted by Crippen LogP contribution is -2.46. The molecule has 0 radical (unpaired) electrons. The number of carbonyl (C=O) groups is 1. The summed E-state index contributed by atoms with van der Waals surface area (Å²) < 4.78 is 15.8. The maximum atomic E-state index is 12.6. The lowest BCUT2D eigenvalue weighted by atomic mass is 10.1. The number of morpholine rings is 1. The highest BCUT2D eigenvalue weighted by atomic mass is 16.5. The second kappa shape index (κ2) is 9.74. The van der Waals surface area contributed by atoms with E-state index in [-0.39, 0.29) is 5.91 Å². The Hall–Kier alpha value is -3.85. The van der Waals surface area contributed by atoms with Gasteiger partial charge in [0.2, 0.25) is 0 Å². The Kier molecular flexibility index (Phi) is 6.60. The summed E-state index contributed by atoms with van der Waals surface area (Å²) in [6.45, 7) is 2.60. The standard InChI is InChI=1S/C24H25N3O6/c1-31-18-8-7-17(13-19(18)32-2)26-24(30)16-5-3-15(4-6-16)14-25-20-21(23(29)22(20)28)27-9-11-33-12-10-27/h3-8,13,25H,9-12,14H2,1-2H3,(H,26,30). The van der Waals surface area contributed by atoms with Crippen molar-refractivity contribution in [2.75, 3.05) is 56.1 Å². The van der Waals surface area contributed by atoms with Gasteiger partial charge < -0.3 is 29.7 Å². The minimum absolute atomic E-state index is 0.265. The summed E-state index contributed by atoms with van der Waals surface area (Å²) in [4.78, 5) is 38.6. The van der Waals surface area contributed by atoms with E-state index in [1.165, 1.54) is 7.11 Å². The van der Waals surface area contributed by atoms with Gasteiger partial charge in [0.05, 0.1) is 27.4 Å². The normalized spacial score (nSPS) is 13.6. The van der Waals surface area contributed by atoms with Crippen LogP contribution in [0.25, 0.3) is 0 Å². The topological polar surface area (TPSA) is 106 Å². The van der Waals surface area contributed by atoms with Gasteiger partial charge in [0, 0.05) is 37.0 Å². The number of amides is 1. The Labute approximate surface area is 190 Å². The van der Waals surface area contributed by atoms with Gasteiger partial charge in [-0.3, -0.25) is 14.4 Å². The third-order valence-corrected chi connectivity index (χ3v) is 5.54. The quantitative estimate of drug-likeness (QED) is 0.501. The van der Waals surface area contributed by atoms with Gasteiger partial charge in [0.25, 0.3) is 16.8 Å². The number of hydrogen-bond acceptors (Lipinski definition) is 8. The van der Waals surface area contributed by atoms with Gasteiger partial charge in [-0.25, -0.2) is 0 Å². The van der Waals surface area contributed by atoms with Crippen molar-refractivity contribution in [3.8, 4) is 11.5 Å². The molecule has 0 aromatic heterocycles. The first-order valence-corrected chi connectivity index (χ1v) is 10.5. The molecule has 4 rings (SSSR count). The molecule has 1 amide bonds. The number of nitrogens with zero attached hydrogens (tertiary/aromatic N) is 1. The molecular formula is C24H25N3O6. The van der Waals surface area contributed by atoms with Crippen molar-refractivity contribution >= 4 is 23.0 Å². The van der Waals surface area contributed by atoms with Gasteiger partial charge >= 0.3 is 0 Å². The lowest BCUT2D eigenvalue weighted by Gasteiger charge is -2.30. The number of hydrogen-bond donors (Lipinski definition) is 2. The Balaban J connectivity index is 1.38. The largest absolute Gasteiger partial charge is 0.493 e. The average molecular weight is 451 g/mol. The fourth-order valence-corrected chi connectivity index (χ4v) is 3.71. The zero-order valence-corrected chi connectivity index (χ0v) is 18.5. The van der Waals surface area contributed by atoms with Gasteiger partial charge in [-0.05, 0) is 29.8 Å². The molecule has 1 heterocycles. The van der Waals surface area contributed by atoms with E-state index in [4.69, 9.17) is 14.2 Å². The molecule has 3 aromatic rings. The van der Waals surface area contributed by atoms with E-state index >= 15 is 0 Å². The van der Waals surface area contributed by atoms with Gasteiger partial charge in [-0.1, -0.05) is 12.1 Å². The lowest BCUT2D eigenvalue weighted by molar-refractivity contribution is 0.102. The fraction of sp³-hybridized carbons (Fsp3) is 0.292. The molecular weight excluding hydrogens is 426 g/mol. The molecule has 0 bridgehead atoms. The summed E-state index contributed by atoms with van der Waals surface area (Å²) in [5.74, 6) is 0.830. The van der Waals surface area contributed by atoms with Crippen molar-refractivity contribution in [1.29, 1.82) is 0 Å². The molecule has 1 aliphatic heterocycles. The highest BCUT2D eigenvalue weighted by molar-refractivity contribution is 6.04. The van der Waals surface area contributed by atoms with Crippen molar-refractivity contribution in [2.45, 2.75) is 6.54 Å². The first-order chi connectivity index (χ1) is 16.0. The molecule has 172 valence electrons. The summed E-state index contributed by atoms with van der Waals surface area (Å²) in [6, 6.07) is 12.2. The highest BCUT2D eigenvalue weighted by Crippen LogP contribution is 2.30. The predicted octanol–water partition coefficient (Wildman–Crippen LogP) is 2.00. The molecule has 1 aliphatic rings. The second-order valence-electron chi connectivity index (χ2n) is 7.56. The molecule has 0 aliphatic carbocycles. The van der Waals surface area contributed by atoms with E-state index in [9.17, 15) is 14.4 Å². The van der Waals surface area contributed by atoms with E-state index in [1.807, 2.05) is 4.90 Å². The van der Waals surface area contributed by atoms with Crippen LogP contribution in [-0.2, 0) is 11.3 Å². The summed E-state index contributed by atoms with van der Waals surface area (Å²) >= 11 is 0. The number of rotatable bonds is 8. The van der Waals surface area contributed by atoms with Crippen molar-refractivity contribution in [3.63, 3.8) is 0 Å². The number of carbonyl (C=O) groups excluding carboxylic acids is 1. The molecule has 1 saturated heterocycles. The number of nitrogens with one attached hydrogen (secondary N) is 2. The van der Waals surface area contributed by atoms with Gasteiger partial charge in [0.1, 0.15) is 11.4 Å². The van der Waals surface area contributed by atoms with Crippen molar-refractivity contribution in [3.05, 3.63) is 74.0 Å². The molecule has 9 heteroatoms.